The van der Waals surface area contributed by atoms with Crippen LogP contribution in [0.5, 0.6) is 0 Å². The molecule has 0 aromatic heterocycles. The van der Waals surface area contributed by atoms with Crippen LogP contribution in [0.2, 0.25) is 0 Å². The zero-order chi connectivity index (χ0) is 11.4. The number of rotatable bonds is 0. The molecule has 8 heteroatoms. The van der Waals surface area contributed by atoms with Crippen LogP contribution < -0.4 is 11.5 Å². The SMILES string of the molecule is NC1CCS(=O)(=O)C1.NCC(F)(F)F. The van der Waals surface area contributed by atoms with Crippen molar-refractivity contribution in [3.05, 3.63) is 0 Å². The second-order valence-electron chi connectivity index (χ2n) is 2.98. The summed E-state index contributed by atoms with van der Waals surface area (Å²) in [6.45, 7) is -1.23. The molecule has 14 heavy (non-hydrogen) atoms. The molecule has 4 N–H and O–H groups in total. The molecule has 1 saturated heterocycles. The van der Waals surface area contributed by atoms with Gasteiger partial charge in [0, 0.05) is 6.04 Å². The van der Waals surface area contributed by atoms with Gasteiger partial charge in [0.1, 0.15) is 0 Å². The molecule has 4 nitrogen and oxygen atoms in total. The fourth-order valence-corrected chi connectivity index (χ4v) is 2.47. The molecule has 1 rings (SSSR count). The Morgan fingerprint density at radius 3 is 1.86 bits per heavy atom. The van der Waals surface area contributed by atoms with Crippen LogP contribution in [0, 0.1) is 0 Å². The number of alkyl halides is 3. The highest BCUT2D eigenvalue weighted by Crippen LogP contribution is 2.10. The van der Waals surface area contributed by atoms with Crippen LogP contribution in [-0.4, -0.2) is 38.7 Å². The molecule has 1 heterocycles. The average molecular weight is 234 g/mol. The maximum Gasteiger partial charge on any atom is 0.400 e. The minimum Gasteiger partial charge on any atom is -0.327 e. The molecule has 86 valence electrons. The van der Waals surface area contributed by atoms with E-state index in [0.717, 1.165) is 0 Å². The highest BCUT2D eigenvalue weighted by atomic mass is 32.2. The average Bonchev–Trinajstić information content (AvgIpc) is 2.29. The van der Waals surface area contributed by atoms with Gasteiger partial charge in [0.2, 0.25) is 0 Å². The van der Waals surface area contributed by atoms with Crippen molar-refractivity contribution in [2.75, 3.05) is 18.1 Å². The summed E-state index contributed by atoms with van der Waals surface area (Å²) in [6.07, 6.45) is -3.54. The standard InChI is InChI=1S/C4H9NO2S.C2H4F3N/c5-4-1-2-8(6,7)3-4;3-2(4,5)1-6/h4H,1-3,5H2;1,6H2. The number of hydrogen-bond donors (Lipinski definition) is 2. The summed E-state index contributed by atoms with van der Waals surface area (Å²) in [4.78, 5) is 0. The summed E-state index contributed by atoms with van der Waals surface area (Å²) in [7, 11) is -2.72. The van der Waals surface area contributed by atoms with Crippen molar-refractivity contribution < 1.29 is 21.6 Å². The fraction of sp³-hybridized carbons (Fsp3) is 1.00. The first-order valence-electron chi connectivity index (χ1n) is 3.89. The first kappa shape index (κ1) is 13.7. The molecular formula is C6H13F3N2O2S. The Balaban J connectivity index is 0.000000255. The van der Waals surface area contributed by atoms with Crippen LogP contribution in [0.15, 0.2) is 0 Å². The molecular weight excluding hydrogens is 221 g/mol. The van der Waals surface area contributed by atoms with Gasteiger partial charge in [-0.2, -0.15) is 13.2 Å². The topological polar surface area (TPSA) is 86.2 Å². The normalized spacial score (nSPS) is 25.4. The van der Waals surface area contributed by atoms with Crippen molar-refractivity contribution in [2.24, 2.45) is 11.5 Å². The zero-order valence-electron chi connectivity index (χ0n) is 7.42. The van der Waals surface area contributed by atoms with Crippen LogP contribution >= 0.6 is 0 Å². The molecule has 0 saturated carbocycles. The second-order valence-corrected chi connectivity index (χ2v) is 5.21. The van der Waals surface area contributed by atoms with Crippen LogP contribution in [0.1, 0.15) is 6.42 Å². The molecule has 0 aliphatic carbocycles. The lowest BCUT2D eigenvalue weighted by Gasteiger charge is -1.96. The van der Waals surface area contributed by atoms with E-state index < -0.39 is 22.6 Å². The van der Waals surface area contributed by atoms with Crippen molar-refractivity contribution in [3.8, 4) is 0 Å². The first-order chi connectivity index (χ1) is 6.16. The van der Waals surface area contributed by atoms with Crippen LogP contribution in [-0.2, 0) is 9.84 Å². The Kier molecular flexibility index (Phi) is 4.82. The Labute approximate surface area is 80.4 Å². The molecule has 0 aromatic rings. The predicted molar refractivity (Wildman–Crippen MR) is 46.4 cm³/mol. The Bertz CT molecular complexity index is 263. The summed E-state index contributed by atoms with van der Waals surface area (Å²) in [5.41, 5.74) is 9.51. The number of sulfone groups is 1. The predicted octanol–water partition coefficient (Wildman–Crippen LogP) is -0.360. The van der Waals surface area contributed by atoms with E-state index in [0.29, 0.717) is 6.42 Å². The van der Waals surface area contributed by atoms with Gasteiger partial charge in [0.05, 0.1) is 18.1 Å². The van der Waals surface area contributed by atoms with Gasteiger partial charge in [-0.05, 0) is 6.42 Å². The molecule has 0 radical (unpaired) electrons. The molecule has 0 amide bonds. The highest BCUT2D eigenvalue weighted by Gasteiger charge is 2.24. The third-order valence-electron chi connectivity index (χ3n) is 1.50. The molecule has 1 aliphatic heterocycles. The van der Waals surface area contributed by atoms with Gasteiger partial charge in [0.15, 0.2) is 9.84 Å². The van der Waals surface area contributed by atoms with E-state index in [1.165, 1.54) is 0 Å². The van der Waals surface area contributed by atoms with Gasteiger partial charge < -0.3 is 11.5 Å². The van der Waals surface area contributed by atoms with Gasteiger partial charge in [-0.1, -0.05) is 0 Å². The number of hydrogen-bond acceptors (Lipinski definition) is 4. The zero-order valence-corrected chi connectivity index (χ0v) is 8.24. The summed E-state index contributed by atoms with van der Waals surface area (Å²) < 4.78 is 53.1. The van der Waals surface area contributed by atoms with Gasteiger partial charge in [-0.3, -0.25) is 0 Å². The first-order valence-corrected chi connectivity index (χ1v) is 5.71. The van der Waals surface area contributed by atoms with Crippen molar-refractivity contribution in [3.63, 3.8) is 0 Å². The summed E-state index contributed by atoms with van der Waals surface area (Å²) >= 11 is 0. The maximum absolute atomic E-state index is 10.7. The number of nitrogens with two attached hydrogens (primary N) is 2. The summed E-state index contributed by atoms with van der Waals surface area (Å²) in [5.74, 6) is 0.473. The Morgan fingerprint density at radius 2 is 1.79 bits per heavy atom. The minimum atomic E-state index is -4.18. The van der Waals surface area contributed by atoms with Crippen molar-refractivity contribution in [1.82, 2.24) is 0 Å². The largest absolute Gasteiger partial charge is 0.400 e. The quantitative estimate of drug-likeness (QED) is 0.599. The smallest absolute Gasteiger partial charge is 0.327 e. The lowest BCUT2D eigenvalue weighted by atomic mass is 10.3. The van der Waals surface area contributed by atoms with E-state index in [4.69, 9.17) is 5.73 Å². The molecule has 0 bridgehead atoms. The molecule has 1 atom stereocenters. The van der Waals surface area contributed by atoms with Gasteiger partial charge >= 0.3 is 6.18 Å². The fourth-order valence-electron chi connectivity index (χ4n) is 0.824. The molecule has 1 unspecified atom stereocenters. The molecule has 0 aromatic carbocycles. The van der Waals surface area contributed by atoms with E-state index in [9.17, 15) is 21.6 Å². The van der Waals surface area contributed by atoms with Crippen LogP contribution in [0.4, 0.5) is 13.2 Å². The molecule has 1 aliphatic rings. The lowest BCUT2D eigenvalue weighted by Crippen LogP contribution is -2.21. The van der Waals surface area contributed by atoms with E-state index >= 15 is 0 Å². The third-order valence-corrected chi connectivity index (χ3v) is 3.29. The molecule has 1 fully saturated rings. The second kappa shape index (κ2) is 4.94. The Morgan fingerprint density at radius 1 is 1.36 bits per heavy atom. The lowest BCUT2D eigenvalue weighted by molar-refractivity contribution is -0.118. The number of halogens is 3. The van der Waals surface area contributed by atoms with Crippen LogP contribution in [0.25, 0.3) is 0 Å². The minimum absolute atomic E-state index is 0.0972. The van der Waals surface area contributed by atoms with E-state index in [1.54, 1.807) is 0 Å². The van der Waals surface area contributed by atoms with Gasteiger partial charge in [-0.25, -0.2) is 8.42 Å². The van der Waals surface area contributed by atoms with Crippen molar-refractivity contribution in [2.45, 2.75) is 18.6 Å². The third kappa shape index (κ3) is 7.10. The van der Waals surface area contributed by atoms with E-state index in [2.05, 4.69) is 5.73 Å². The van der Waals surface area contributed by atoms with Crippen LogP contribution in [0.3, 0.4) is 0 Å². The highest BCUT2D eigenvalue weighted by molar-refractivity contribution is 7.91. The summed E-state index contributed by atoms with van der Waals surface area (Å²) in [6, 6.07) is -0.0972. The van der Waals surface area contributed by atoms with Gasteiger partial charge in [-0.15, -0.1) is 0 Å². The molecule has 0 spiro atoms. The van der Waals surface area contributed by atoms with Crippen molar-refractivity contribution in [1.29, 1.82) is 0 Å². The summed E-state index contributed by atoms with van der Waals surface area (Å²) in [5, 5.41) is 0. The Hall–Kier alpha value is -0.340. The monoisotopic (exact) mass is 234 g/mol. The van der Waals surface area contributed by atoms with E-state index in [1.807, 2.05) is 0 Å². The maximum atomic E-state index is 10.7. The van der Waals surface area contributed by atoms with Crippen molar-refractivity contribution >= 4 is 9.84 Å². The van der Waals surface area contributed by atoms with E-state index in [-0.39, 0.29) is 17.5 Å². The van der Waals surface area contributed by atoms with Gasteiger partial charge in [0.25, 0.3) is 0 Å².